The van der Waals surface area contributed by atoms with E-state index in [2.05, 4.69) is 0 Å². The van der Waals surface area contributed by atoms with Gasteiger partial charge in [0, 0.05) is 6.54 Å². The fourth-order valence-corrected chi connectivity index (χ4v) is 4.38. The average Bonchev–Trinajstić information content (AvgIpc) is 2.02. The molecule has 4 fully saturated rings. The van der Waals surface area contributed by atoms with Crippen LogP contribution in [0.25, 0.3) is 0 Å². The monoisotopic (exact) mass is 164 g/mol. The molecule has 4 rings (SSSR count). The lowest BCUT2D eigenvalue weighted by atomic mass is 9.50. The SMILES string of the molecule is N[CH]C12CC3CC(CC(C3)C1)C2. The molecule has 1 nitrogen and oxygen atoms in total. The predicted octanol–water partition coefficient (Wildman–Crippen LogP) is 2.32. The first-order valence-corrected chi connectivity index (χ1v) is 5.36. The van der Waals surface area contributed by atoms with E-state index in [1.807, 2.05) is 6.54 Å². The minimum absolute atomic E-state index is 0.495. The highest BCUT2D eigenvalue weighted by Gasteiger charge is 2.50. The first-order chi connectivity index (χ1) is 5.80. The van der Waals surface area contributed by atoms with Crippen LogP contribution in [0.2, 0.25) is 0 Å². The smallest absolute Gasteiger partial charge is 0.0255 e. The van der Waals surface area contributed by atoms with E-state index in [0.717, 1.165) is 17.8 Å². The number of nitrogens with two attached hydrogens (primary N) is 1. The van der Waals surface area contributed by atoms with Crippen LogP contribution in [0.3, 0.4) is 0 Å². The molecular weight excluding hydrogens is 146 g/mol. The van der Waals surface area contributed by atoms with Crippen LogP contribution in [0, 0.1) is 29.7 Å². The summed E-state index contributed by atoms with van der Waals surface area (Å²) in [5.41, 5.74) is 6.30. The van der Waals surface area contributed by atoms with Crippen LogP contribution in [0.4, 0.5) is 0 Å². The Labute approximate surface area is 74.7 Å². The quantitative estimate of drug-likeness (QED) is 0.632. The van der Waals surface area contributed by atoms with Gasteiger partial charge in [0.2, 0.25) is 0 Å². The number of rotatable bonds is 1. The van der Waals surface area contributed by atoms with Crippen molar-refractivity contribution in [3.63, 3.8) is 0 Å². The van der Waals surface area contributed by atoms with Crippen molar-refractivity contribution in [3.8, 4) is 0 Å². The predicted molar refractivity (Wildman–Crippen MR) is 49.1 cm³/mol. The molecule has 0 unspecified atom stereocenters. The molecule has 1 heteroatoms. The summed E-state index contributed by atoms with van der Waals surface area (Å²) in [5.74, 6) is 3.11. The molecule has 0 aliphatic heterocycles. The van der Waals surface area contributed by atoms with Crippen molar-refractivity contribution in [2.75, 3.05) is 0 Å². The Morgan fingerprint density at radius 3 is 1.67 bits per heavy atom. The summed E-state index contributed by atoms with van der Waals surface area (Å²) in [6.45, 7) is 2.04. The Bertz CT molecular complexity index is 162. The lowest BCUT2D eigenvalue weighted by molar-refractivity contribution is -0.0336. The highest BCUT2D eigenvalue weighted by atomic mass is 14.7. The fraction of sp³-hybridized carbons (Fsp3) is 0.909. The van der Waals surface area contributed by atoms with Crippen LogP contribution < -0.4 is 5.73 Å². The van der Waals surface area contributed by atoms with Crippen LogP contribution in [-0.4, -0.2) is 0 Å². The maximum absolute atomic E-state index is 5.80. The first-order valence-electron chi connectivity index (χ1n) is 5.36. The van der Waals surface area contributed by atoms with E-state index in [9.17, 15) is 0 Å². The van der Waals surface area contributed by atoms with Crippen molar-refractivity contribution in [1.82, 2.24) is 0 Å². The molecule has 0 spiro atoms. The Kier molecular flexibility index (Phi) is 1.39. The highest BCUT2D eigenvalue weighted by Crippen LogP contribution is 2.60. The van der Waals surface area contributed by atoms with Gasteiger partial charge in [-0.05, 0) is 61.7 Å². The summed E-state index contributed by atoms with van der Waals surface area (Å²) in [4.78, 5) is 0. The van der Waals surface area contributed by atoms with Gasteiger partial charge in [0.05, 0.1) is 0 Å². The van der Waals surface area contributed by atoms with Gasteiger partial charge in [-0.1, -0.05) is 0 Å². The van der Waals surface area contributed by atoms with Gasteiger partial charge in [0.15, 0.2) is 0 Å². The summed E-state index contributed by atoms with van der Waals surface area (Å²) in [7, 11) is 0. The van der Waals surface area contributed by atoms with Crippen LogP contribution >= 0.6 is 0 Å². The minimum Gasteiger partial charge on any atom is -0.326 e. The van der Waals surface area contributed by atoms with E-state index in [4.69, 9.17) is 5.73 Å². The van der Waals surface area contributed by atoms with Crippen LogP contribution in [0.15, 0.2) is 0 Å². The molecule has 12 heavy (non-hydrogen) atoms. The first kappa shape index (κ1) is 7.37. The third kappa shape index (κ3) is 0.891. The van der Waals surface area contributed by atoms with Crippen molar-refractivity contribution in [2.45, 2.75) is 38.5 Å². The Hall–Kier alpha value is -0.0400. The third-order valence-electron chi connectivity index (χ3n) is 4.44. The molecule has 0 aromatic rings. The maximum atomic E-state index is 5.80. The standard InChI is InChI=1S/C11H18N/c12-7-11-4-8-1-9(5-11)3-10(2-8)6-11/h7-10H,1-6,12H2. The zero-order valence-corrected chi connectivity index (χ0v) is 7.63. The van der Waals surface area contributed by atoms with Crippen LogP contribution in [-0.2, 0) is 0 Å². The third-order valence-corrected chi connectivity index (χ3v) is 4.44. The summed E-state index contributed by atoms with van der Waals surface area (Å²) in [5, 5.41) is 0. The van der Waals surface area contributed by atoms with Crippen molar-refractivity contribution in [3.05, 3.63) is 6.54 Å². The van der Waals surface area contributed by atoms with E-state index in [0.29, 0.717) is 5.41 Å². The zero-order chi connectivity index (χ0) is 8.18. The molecule has 0 atom stereocenters. The van der Waals surface area contributed by atoms with Crippen molar-refractivity contribution < 1.29 is 0 Å². The molecule has 4 bridgehead atoms. The Balaban J connectivity index is 1.90. The zero-order valence-electron chi connectivity index (χ0n) is 7.63. The number of hydrogen-bond acceptors (Lipinski definition) is 1. The molecule has 67 valence electrons. The second-order valence-corrected chi connectivity index (χ2v) is 5.45. The molecule has 0 aromatic carbocycles. The molecule has 0 aromatic heterocycles. The molecule has 0 heterocycles. The van der Waals surface area contributed by atoms with E-state index in [1.54, 1.807) is 0 Å². The lowest BCUT2D eigenvalue weighted by Gasteiger charge is -2.56. The molecule has 2 N–H and O–H groups in total. The minimum atomic E-state index is 0.495. The largest absolute Gasteiger partial charge is 0.326 e. The summed E-state index contributed by atoms with van der Waals surface area (Å²) in [6.07, 6.45) is 8.80. The second-order valence-electron chi connectivity index (χ2n) is 5.45. The van der Waals surface area contributed by atoms with Crippen molar-refractivity contribution in [1.29, 1.82) is 0 Å². The van der Waals surface area contributed by atoms with Gasteiger partial charge in [-0.3, -0.25) is 0 Å². The number of hydrogen-bond donors (Lipinski definition) is 1. The van der Waals surface area contributed by atoms with Gasteiger partial charge < -0.3 is 5.73 Å². The summed E-state index contributed by atoms with van der Waals surface area (Å²) in [6, 6.07) is 0. The Morgan fingerprint density at radius 2 is 1.33 bits per heavy atom. The van der Waals surface area contributed by atoms with E-state index < -0.39 is 0 Å². The molecule has 4 saturated carbocycles. The lowest BCUT2D eigenvalue weighted by Crippen LogP contribution is -2.47. The molecule has 4 aliphatic carbocycles. The Morgan fingerprint density at radius 1 is 0.917 bits per heavy atom. The van der Waals surface area contributed by atoms with E-state index in [1.165, 1.54) is 38.5 Å². The van der Waals surface area contributed by atoms with Crippen LogP contribution in [0.5, 0.6) is 0 Å². The van der Waals surface area contributed by atoms with Gasteiger partial charge in [0.1, 0.15) is 0 Å². The fourth-order valence-electron chi connectivity index (χ4n) is 4.38. The molecule has 4 aliphatic rings. The molecule has 0 saturated heterocycles. The second kappa shape index (κ2) is 2.25. The van der Waals surface area contributed by atoms with Gasteiger partial charge in [-0.2, -0.15) is 0 Å². The van der Waals surface area contributed by atoms with Gasteiger partial charge in [-0.15, -0.1) is 0 Å². The normalized spacial score (nSPS) is 56.2. The van der Waals surface area contributed by atoms with Gasteiger partial charge in [-0.25, -0.2) is 0 Å². The van der Waals surface area contributed by atoms with Gasteiger partial charge in [0.25, 0.3) is 0 Å². The van der Waals surface area contributed by atoms with Crippen molar-refractivity contribution in [2.24, 2.45) is 28.9 Å². The van der Waals surface area contributed by atoms with Crippen LogP contribution in [0.1, 0.15) is 38.5 Å². The summed E-state index contributed by atoms with van der Waals surface area (Å²) < 4.78 is 0. The molecule has 0 amide bonds. The van der Waals surface area contributed by atoms with E-state index >= 15 is 0 Å². The topological polar surface area (TPSA) is 26.0 Å². The molecule has 1 radical (unpaired) electrons. The van der Waals surface area contributed by atoms with E-state index in [-0.39, 0.29) is 0 Å². The summed E-state index contributed by atoms with van der Waals surface area (Å²) >= 11 is 0. The highest BCUT2D eigenvalue weighted by molar-refractivity contribution is 5.05. The van der Waals surface area contributed by atoms with Gasteiger partial charge >= 0.3 is 0 Å². The molecular formula is C11H18N. The average molecular weight is 164 g/mol. The maximum Gasteiger partial charge on any atom is 0.0255 e. The van der Waals surface area contributed by atoms with Crippen molar-refractivity contribution >= 4 is 0 Å².